The molecule has 3 nitrogen and oxygen atoms in total. The predicted molar refractivity (Wildman–Crippen MR) is 80.9 cm³/mol. The molecule has 1 unspecified atom stereocenters. The first-order valence-electron chi connectivity index (χ1n) is 6.60. The Morgan fingerprint density at radius 1 is 1.33 bits per heavy atom. The monoisotopic (exact) mass is 245 g/mol. The van der Waals surface area contributed by atoms with Gasteiger partial charge < -0.3 is 11.5 Å². The minimum atomic E-state index is -0.245. The lowest BCUT2D eigenvalue weighted by Gasteiger charge is -2.27. The first-order valence-corrected chi connectivity index (χ1v) is 6.60. The van der Waals surface area contributed by atoms with Gasteiger partial charge in [-0.3, -0.25) is 4.90 Å². The molecule has 1 aromatic rings. The van der Waals surface area contributed by atoms with Gasteiger partial charge in [0.2, 0.25) is 0 Å². The van der Waals surface area contributed by atoms with Crippen LogP contribution in [0.25, 0.3) is 0 Å². The molecule has 0 aliphatic carbocycles. The Labute approximate surface area is 111 Å². The van der Waals surface area contributed by atoms with Gasteiger partial charge in [0, 0.05) is 12.2 Å². The van der Waals surface area contributed by atoms with Crippen LogP contribution in [0.1, 0.15) is 18.1 Å². The summed E-state index contributed by atoms with van der Waals surface area (Å²) >= 11 is 0. The third-order valence-corrected chi connectivity index (χ3v) is 3.30. The van der Waals surface area contributed by atoms with Crippen molar-refractivity contribution in [2.24, 2.45) is 11.5 Å². The SMILES string of the molecule is BCc1ccc(CCN(CC)C(N)C(=C)N)cc1. The Balaban J connectivity index is 2.54. The van der Waals surface area contributed by atoms with Crippen molar-refractivity contribution in [3.05, 3.63) is 47.7 Å². The molecule has 18 heavy (non-hydrogen) atoms. The van der Waals surface area contributed by atoms with Gasteiger partial charge in [0.15, 0.2) is 0 Å². The van der Waals surface area contributed by atoms with Crippen LogP contribution in [0.2, 0.25) is 0 Å². The summed E-state index contributed by atoms with van der Waals surface area (Å²) in [6, 6.07) is 8.76. The van der Waals surface area contributed by atoms with Crippen molar-refractivity contribution in [2.45, 2.75) is 25.8 Å². The molecule has 0 heterocycles. The quantitative estimate of drug-likeness (QED) is 0.541. The molecule has 0 spiro atoms. The summed E-state index contributed by atoms with van der Waals surface area (Å²) in [5.41, 5.74) is 14.9. The van der Waals surface area contributed by atoms with Gasteiger partial charge in [-0.25, -0.2) is 0 Å². The lowest BCUT2D eigenvalue weighted by molar-refractivity contribution is 0.238. The van der Waals surface area contributed by atoms with Crippen molar-refractivity contribution in [2.75, 3.05) is 13.1 Å². The molecule has 1 rings (SSSR count). The molecule has 0 amide bonds. The minimum absolute atomic E-state index is 0.245. The Kier molecular flexibility index (Phi) is 5.95. The summed E-state index contributed by atoms with van der Waals surface area (Å²) in [5.74, 6) is 0. The predicted octanol–water partition coefficient (Wildman–Crippen LogP) is 0.441. The second-order valence-corrected chi connectivity index (χ2v) is 4.57. The number of benzene rings is 1. The summed E-state index contributed by atoms with van der Waals surface area (Å²) in [7, 11) is 2.17. The van der Waals surface area contributed by atoms with Crippen LogP contribution in [0.5, 0.6) is 0 Å². The van der Waals surface area contributed by atoms with E-state index < -0.39 is 0 Å². The molecule has 0 radical (unpaired) electrons. The molecule has 1 aromatic carbocycles. The maximum absolute atomic E-state index is 5.98. The topological polar surface area (TPSA) is 55.3 Å². The van der Waals surface area contributed by atoms with Gasteiger partial charge in [-0.2, -0.15) is 0 Å². The first-order chi connectivity index (χ1) is 8.58. The maximum atomic E-state index is 5.98. The summed E-state index contributed by atoms with van der Waals surface area (Å²) in [6.07, 6.45) is 1.82. The molecule has 0 saturated heterocycles. The van der Waals surface area contributed by atoms with Crippen molar-refractivity contribution in [3.63, 3.8) is 0 Å². The van der Waals surface area contributed by atoms with Gasteiger partial charge in [0.05, 0.1) is 6.17 Å². The van der Waals surface area contributed by atoms with Gasteiger partial charge >= 0.3 is 0 Å². The second-order valence-electron chi connectivity index (χ2n) is 4.57. The van der Waals surface area contributed by atoms with E-state index in [4.69, 9.17) is 11.5 Å². The number of rotatable bonds is 7. The average Bonchev–Trinajstić information content (AvgIpc) is 2.39. The standard InChI is InChI=1S/C14H24BN3/c1-3-18(14(17)11(2)16)9-8-12-4-6-13(10-15)7-5-12/h4-7,14H,2-3,8-10,15-17H2,1H3. The van der Waals surface area contributed by atoms with Crippen LogP contribution in [0.4, 0.5) is 0 Å². The lowest BCUT2D eigenvalue weighted by atomic mass is 9.96. The number of hydrogen-bond donors (Lipinski definition) is 2. The van der Waals surface area contributed by atoms with Crippen LogP contribution < -0.4 is 11.5 Å². The van der Waals surface area contributed by atoms with Crippen LogP contribution in [0, 0.1) is 0 Å². The molecule has 98 valence electrons. The summed E-state index contributed by atoms with van der Waals surface area (Å²) in [6.45, 7) is 7.58. The van der Waals surface area contributed by atoms with E-state index in [0.29, 0.717) is 5.70 Å². The largest absolute Gasteiger partial charge is 0.400 e. The van der Waals surface area contributed by atoms with E-state index in [2.05, 4.69) is 50.5 Å². The van der Waals surface area contributed by atoms with Crippen molar-refractivity contribution in [3.8, 4) is 0 Å². The fourth-order valence-corrected chi connectivity index (χ4v) is 1.94. The molecule has 0 fully saturated rings. The molecular weight excluding hydrogens is 221 g/mol. The van der Waals surface area contributed by atoms with E-state index in [1.54, 1.807) is 0 Å². The molecule has 0 saturated carbocycles. The zero-order valence-corrected chi connectivity index (χ0v) is 11.5. The van der Waals surface area contributed by atoms with Crippen LogP contribution in [0.15, 0.2) is 36.5 Å². The van der Waals surface area contributed by atoms with Crippen LogP contribution in [0.3, 0.4) is 0 Å². The van der Waals surface area contributed by atoms with Crippen molar-refractivity contribution in [1.82, 2.24) is 4.90 Å². The Bertz CT molecular complexity index is 375. The van der Waals surface area contributed by atoms with Crippen LogP contribution in [-0.2, 0) is 12.7 Å². The van der Waals surface area contributed by atoms with Crippen molar-refractivity contribution in [1.29, 1.82) is 0 Å². The Hall–Kier alpha value is -1.26. The molecule has 4 heteroatoms. The van der Waals surface area contributed by atoms with E-state index in [1.807, 2.05) is 0 Å². The number of hydrogen-bond acceptors (Lipinski definition) is 3. The first kappa shape index (κ1) is 14.8. The molecule has 0 aromatic heterocycles. The van der Waals surface area contributed by atoms with Gasteiger partial charge in [-0.05, 0) is 18.5 Å². The molecular formula is C14H24BN3. The number of nitrogens with zero attached hydrogens (tertiary/aromatic N) is 1. The van der Waals surface area contributed by atoms with E-state index in [0.717, 1.165) is 25.8 Å². The van der Waals surface area contributed by atoms with Gasteiger partial charge in [-0.1, -0.05) is 49.7 Å². The molecule has 1 atom stereocenters. The Morgan fingerprint density at radius 2 is 1.89 bits per heavy atom. The fourth-order valence-electron chi connectivity index (χ4n) is 1.94. The average molecular weight is 245 g/mol. The van der Waals surface area contributed by atoms with Crippen LogP contribution >= 0.6 is 0 Å². The van der Waals surface area contributed by atoms with Crippen LogP contribution in [-0.4, -0.2) is 32.0 Å². The maximum Gasteiger partial charge on any atom is 0.107 e. The highest BCUT2D eigenvalue weighted by Crippen LogP contribution is 2.07. The minimum Gasteiger partial charge on any atom is -0.400 e. The zero-order valence-electron chi connectivity index (χ0n) is 11.5. The third kappa shape index (κ3) is 4.20. The Morgan fingerprint density at radius 3 is 2.33 bits per heavy atom. The van der Waals surface area contributed by atoms with Crippen molar-refractivity contribution >= 4 is 7.85 Å². The molecule has 0 aliphatic heterocycles. The van der Waals surface area contributed by atoms with Crippen molar-refractivity contribution < 1.29 is 0 Å². The van der Waals surface area contributed by atoms with E-state index in [9.17, 15) is 0 Å². The van der Waals surface area contributed by atoms with Gasteiger partial charge in [0.25, 0.3) is 0 Å². The summed E-state index contributed by atoms with van der Waals surface area (Å²) in [5, 5.41) is 0. The van der Waals surface area contributed by atoms with E-state index in [1.165, 1.54) is 11.1 Å². The van der Waals surface area contributed by atoms with E-state index in [-0.39, 0.29) is 6.17 Å². The molecule has 0 bridgehead atoms. The summed E-state index contributed by atoms with van der Waals surface area (Å²) < 4.78 is 0. The zero-order chi connectivity index (χ0) is 13.5. The van der Waals surface area contributed by atoms with E-state index >= 15 is 0 Å². The third-order valence-electron chi connectivity index (χ3n) is 3.30. The fraction of sp³-hybridized carbons (Fsp3) is 0.429. The highest BCUT2D eigenvalue weighted by atomic mass is 15.2. The smallest absolute Gasteiger partial charge is 0.107 e. The second kappa shape index (κ2) is 7.24. The molecule has 0 aliphatic rings. The summed E-state index contributed by atoms with van der Waals surface area (Å²) in [4.78, 5) is 2.13. The van der Waals surface area contributed by atoms with Gasteiger partial charge in [0.1, 0.15) is 7.85 Å². The lowest BCUT2D eigenvalue weighted by Crippen LogP contribution is -2.46. The molecule has 4 N–H and O–H groups in total. The number of nitrogens with two attached hydrogens (primary N) is 2. The van der Waals surface area contributed by atoms with Gasteiger partial charge in [-0.15, -0.1) is 0 Å². The normalized spacial score (nSPS) is 12.6. The number of likely N-dealkylation sites (N-methyl/N-ethyl adjacent to an activating group) is 1. The highest BCUT2D eigenvalue weighted by molar-refractivity contribution is 6.08. The highest BCUT2D eigenvalue weighted by Gasteiger charge is 2.13.